The van der Waals surface area contributed by atoms with Gasteiger partial charge in [-0.05, 0) is 47.1 Å². The Balaban J connectivity index is 1.77. The van der Waals surface area contributed by atoms with Gasteiger partial charge in [0, 0.05) is 27.7 Å². The molecule has 2 heterocycles. The van der Waals surface area contributed by atoms with Crippen molar-refractivity contribution in [2.75, 3.05) is 0 Å². The highest BCUT2D eigenvalue weighted by Gasteiger charge is 2.24. The molecule has 0 spiro atoms. The van der Waals surface area contributed by atoms with Crippen LogP contribution < -0.4 is 0 Å². The lowest BCUT2D eigenvalue weighted by molar-refractivity contribution is 0.474. The van der Waals surface area contributed by atoms with Crippen LogP contribution in [-0.4, -0.2) is 9.97 Å². The molecule has 0 atom stereocenters. The number of halogens is 1. The molecule has 2 aromatic carbocycles. The van der Waals surface area contributed by atoms with Crippen LogP contribution in [-0.2, 0) is 6.42 Å². The SMILES string of the molecule is CC1(C)C=Cc2c(ccnc2-c2nc(-c3ccc(Cl)cc3)cc3ccccc23)C1. The highest BCUT2D eigenvalue weighted by Crippen LogP contribution is 2.38. The molecule has 0 N–H and O–H groups in total. The number of nitrogens with zero attached hydrogens (tertiary/aromatic N) is 2. The molecule has 1 aliphatic rings. The van der Waals surface area contributed by atoms with Crippen LogP contribution in [0.4, 0.5) is 0 Å². The molecule has 4 aromatic rings. The number of hydrogen-bond acceptors (Lipinski definition) is 2. The van der Waals surface area contributed by atoms with Crippen molar-refractivity contribution in [2.24, 2.45) is 5.41 Å². The topological polar surface area (TPSA) is 25.8 Å². The molecule has 0 fully saturated rings. The van der Waals surface area contributed by atoms with Crippen LogP contribution in [0.2, 0.25) is 5.02 Å². The van der Waals surface area contributed by atoms with Gasteiger partial charge in [0.1, 0.15) is 0 Å². The van der Waals surface area contributed by atoms with Crippen molar-refractivity contribution < 1.29 is 0 Å². The third kappa shape index (κ3) is 3.34. The van der Waals surface area contributed by atoms with Crippen LogP contribution in [0.25, 0.3) is 39.5 Å². The number of aromatic nitrogens is 2. The van der Waals surface area contributed by atoms with Gasteiger partial charge in [-0.1, -0.05) is 74.0 Å². The van der Waals surface area contributed by atoms with E-state index in [1.165, 1.54) is 11.1 Å². The van der Waals surface area contributed by atoms with E-state index in [9.17, 15) is 0 Å². The normalized spacial score (nSPS) is 14.7. The number of fused-ring (bicyclic) bond motifs is 2. The first-order valence-electron chi connectivity index (χ1n) is 9.83. The van der Waals surface area contributed by atoms with Gasteiger partial charge in [0.05, 0.1) is 17.1 Å². The average Bonchev–Trinajstić information content (AvgIpc) is 2.72. The fourth-order valence-corrected chi connectivity index (χ4v) is 4.17. The zero-order valence-corrected chi connectivity index (χ0v) is 17.2. The molecular formula is C26H21ClN2. The Labute approximate surface area is 175 Å². The molecule has 0 bridgehead atoms. The van der Waals surface area contributed by atoms with Crippen LogP contribution in [0.1, 0.15) is 25.0 Å². The summed E-state index contributed by atoms with van der Waals surface area (Å²) in [6.07, 6.45) is 7.41. The summed E-state index contributed by atoms with van der Waals surface area (Å²) in [5.74, 6) is 0. The molecule has 0 saturated heterocycles. The van der Waals surface area contributed by atoms with Crippen LogP contribution in [0, 0.1) is 5.41 Å². The molecule has 3 heteroatoms. The molecule has 0 amide bonds. The Morgan fingerprint density at radius 1 is 0.931 bits per heavy atom. The molecule has 142 valence electrons. The minimum Gasteiger partial charge on any atom is -0.254 e. The summed E-state index contributed by atoms with van der Waals surface area (Å²) >= 11 is 6.09. The first-order chi connectivity index (χ1) is 14.0. The van der Waals surface area contributed by atoms with Gasteiger partial charge in [-0.15, -0.1) is 0 Å². The minimum atomic E-state index is 0.159. The predicted octanol–water partition coefficient (Wildman–Crippen LogP) is 7.21. The first kappa shape index (κ1) is 18.1. The Bertz CT molecular complexity index is 1250. The molecule has 0 aliphatic heterocycles. The Morgan fingerprint density at radius 3 is 2.55 bits per heavy atom. The van der Waals surface area contributed by atoms with E-state index >= 15 is 0 Å². The lowest BCUT2D eigenvalue weighted by Crippen LogP contribution is -2.16. The van der Waals surface area contributed by atoms with E-state index in [1.807, 2.05) is 30.5 Å². The molecule has 1 aliphatic carbocycles. The van der Waals surface area contributed by atoms with E-state index < -0.39 is 0 Å². The van der Waals surface area contributed by atoms with E-state index in [2.05, 4.69) is 62.4 Å². The average molecular weight is 397 g/mol. The van der Waals surface area contributed by atoms with Gasteiger partial charge in [-0.3, -0.25) is 4.98 Å². The summed E-state index contributed by atoms with van der Waals surface area (Å²) in [4.78, 5) is 9.85. The van der Waals surface area contributed by atoms with E-state index in [4.69, 9.17) is 21.6 Å². The first-order valence-corrected chi connectivity index (χ1v) is 10.2. The summed E-state index contributed by atoms with van der Waals surface area (Å²) in [5.41, 5.74) is 6.50. The summed E-state index contributed by atoms with van der Waals surface area (Å²) in [6.45, 7) is 4.53. The molecule has 0 radical (unpaired) electrons. The van der Waals surface area contributed by atoms with Crippen molar-refractivity contribution in [2.45, 2.75) is 20.3 Å². The second-order valence-electron chi connectivity index (χ2n) is 8.32. The third-order valence-corrected chi connectivity index (χ3v) is 5.78. The van der Waals surface area contributed by atoms with Crippen molar-refractivity contribution in [1.82, 2.24) is 9.97 Å². The van der Waals surface area contributed by atoms with E-state index in [0.29, 0.717) is 0 Å². The minimum absolute atomic E-state index is 0.159. The van der Waals surface area contributed by atoms with Gasteiger partial charge in [0.2, 0.25) is 0 Å². The maximum Gasteiger partial charge on any atom is 0.0978 e. The summed E-state index contributed by atoms with van der Waals surface area (Å²) in [6, 6.07) is 20.5. The second kappa shape index (κ2) is 6.82. The summed E-state index contributed by atoms with van der Waals surface area (Å²) in [5, 5.41) is 2.99. The van der Waals surface area contributed by atoms with Crippen LogP contribution >= 0.6 is 11.6 Å². The number of hydrogen-bond donors (Lipinski definition) is 0. The van der Waals surface area contributed by atoms with Crippen molar-refractivity contribution in [3.05, 3.63) is 89.1 Å². The van der Waals surface area contributed by atoms with Crippen LogP contribution in [0.5, 0.6) is 0 Å². The quantitative estimate of drug-likeness (QED) is 0.357. The van der Waals surface area contributed by atoms with Crippen LogP contribution in [0.15, 0.2) is 72.9 Å². The van der Waals surface area contributed by atoms with Crippen molar-refractivity contribution in [1.29, 1.82) is 0 Å². The van der Waals surface area contributed by atoms with Gasteiger partial charge >= 0.3 is 0 Å². The standard InChI is InChI=1S/C26H21ClN2/c1-26(2)13-11-22-19(16-26)12-14-28-24(22)25-21-6-4-3-5-18(21)15-23(29-25)17-7-9-20(27)10-8-17/h3-15H,16H2,1-2H3. The van der Waals surface area contributed by atoms with Crippen LogP contribution in [0.3, 0.4) is 0 Å². The number of pyridine rings is 2. The smallest absolute Gasteiger partial charge is 0.0978 e. The fourth-order valence-electron chi connectivity index (χ4n) is 4.05. The Hall–Kier alpha value is -2.97. The van der Waals surface area contributed by atoms with Crippen molar-refractivity contribution in [3.63, 3.8) is 0 Å². The monoisotopic (exact) mass is 396 g/mol. The molecule has 2 nitrogen and oxygen atoms in total. The van der Waals surface area contributed by atoms with E-state index in [1.54, 1.807) is 0 Å². The number of benzene rings is 2. The van der Waals surface area contributed by atoms with Gasteiger partial charge in [0.15, 0.2) is 0 Å². The number of rotatable bonds is 2. The molecule has 5 rings (SSSR count). The predicted molar refractivity (Wildman–Crippen MR) is 122 cm³/mol. The zero-order valence-electron chi connectivity index (χ0n) is 16.5. The van der Waals surface area contributed by atoms with E-state index in [0.717, 1.165) is 44.9 Å². The number of allylic oxidation sites excluding steroid dienone is 1. The van der Waals surface area contributed by atoms with Crippen molar-refractivity contribution >= 4 is 28.4 Å². The van der Waals surface area contributed by atoms with Gasteiger partial charge < -0.3 is 0 Å². The maximum atomic E-state index is 6.09. The molecule has 0 saturated carbocycles. The van der Waals surface area contributed by atoms with Gasteiger partial charge in [-0.2, -0.15) is 0 Å². The molecule has 0 unspecified atom stereocenters. The zero-order chi connectivity index (χ0) is 20.0. The lowest BCUT2D eigenvalue weighted by Gasteiger charge is -2.26. The lowest BCUT2D eigenvalue weighted by atomic mass is 9.79. The highest BCUT2D eigenvalue weighted by atomic mass is 35.5. The van der Waals surface area contributed by atoms with Crippen molar-refractivity contribution in [3.8, 4) is 22.6 Å². The second-order valence-corrected chi connectivity index (χ2v) is 8.75. The fraction of sp³-hybridized carbons (Fsp3) is 0.154. The Morgan fingerprint density at radius 2 is 1.72 bits per heavy atom. The highest BCUT2D eigenvalue weighted by molar-refractivity contribution is 6.30. The van der Waals surface area contributed by atoms with E-state index in [-0.39, 0.29) is 5.41 Å². The van der Waals surface area contributed by atoms with Gasteiger partial charge in [0.25, 0.3) is 0 Å². The maximum absolute atomic E-state index is 6.09. The summed E-state index contributed by atoms with van der Waals surface area (Å²) in [7, 11) is 0. The summed E-state index contributed by atoms with van der Waals surface area (Å²) < 4.78 is 0. The van der Waals surface area contributed by atoms with Gasteiger partial charge in [-0.25, -0.2) is 4.98 Å². The third-order valence-electron chi connectivity index (χ3n) is 5.53. The largest absolute Gasteiger partial charge is 0.254 e. The Kier molecular flexibility index (Phi) is 4.25. The molecule has 2 aromatic heterocycles. The molecule has 29 heavy (non-hydrogen) atoms. The molecular weight excluding hydrogens is 376 g/mol.